The number of carbonyl (C=O) groups excluding carboxylic acids is 2. The zero-order valence-electron chi connectivity index (χ0n) is 18.3. The molecule has 1 aliphatic rings. The van der Waals surface area contributed by atoms with E-state index in [-0.39, 0.29) is 23.3 Å². The largest absolute Gasteiger partial charge is 0.350 e. The van der Waals surface area contributed by atoms with E-state index in [1.807, 2.05) is 25.1 Å². The number of aryl methyl sites for hydroxylation is 1. The van der Waals surface area contributed by atoms with Crippen LogP contribution in [0.1, 0.15) is 17.0 Å². The smallest absolute Gasteiger partial charge is 0.242 e. The van der Waals surface area contributed by atoms with Crippen LogP contribution in [0.2, 0.25) is 5.02 Å². The van der Waals surface area contributed by atoms with Crippen LogP contribution >= 0.6 is 35.1 Å². The van der Waals surface area contributed by atoms with Gasteiger partial charge in [0.25, 0.3) is 0 Å². The lowest BCUT2D eigenvalue weighted by atomic mass is 10.1. The van der Waals surface area contributed by atoms with Gasteiger partial charge in [0.1, 0.15) is 16.9 Å². The van der Waals surface area contributed by atoms with Crippen LogP contribution in [-0.2, 0) is 16.1 Å². The minimum Gasteiger partial charge on any atom is -0.350 e. The molecule has 2 atom stereocenters. The predicted octanol–water partition coefficient (Wildman–Crippen LogP) is 3.79. The molecule has 1 fully saturated rings. The molecule has 2 amide bonds. The maximum absolute atomic E-state index is 13.4. The van der Waals surface area contributed by atoms with Gasteiger partial charge in [0.2, 0.25) is 11.8 Å². The lowest BCUT2D eigenvalue weighted by molar-refractivity contribution is -0.124. The molecule has 178 valence electrons. The van der Waals surface area contributed by atoms with Gasteiger partial charge < -0.3 is 10.6 Å². The second-order valence-corrected chi connectivity index (χ2v) is 10.1. The number of pyridine rings is 1. The standard InChI is InChI=1S/C22H22ClFN6O2S2/c1-12-19(33-22(27-12)16-5-3-4-8-25-16)11-26-20(31)17-10-18(30(2)34-29-17)21(32)28-13-6-7-15(24)14(23)9-13/h3-9,17-18,29H,10-11H2,1-2H3,(H,26,31)(H,28,32). The van der Waals surface area contributed by atoms with Crippen molar-refractivity contribution in [2.24, 2.45) is 0 Å². The quantitative estimate of drug-likeness (QED) is 0.425. The van der Waals surface area contributed by atoms with E-state index in [1.54, 1.807) is 17.5 Å². The molecular formula is C22H22ClFN6O2S2. The number of thiazole rings is 1. The van der Waals surface area contributed by atoms with Crippen LogP contribution < -0.4 is 15.4 Å². The first-order valence-electron chi connectivity index (χ1n) is 10.4. The van der Waals surface area contributed by atoms with Crippen molar-refractivity contribution in [3.8, 4) is 10.7 Å². The van der Waals surface area contributed by atoms with Gasteiger partial charge >= 0.3 is 0 Å². The van der Waals surface area contributed by atoms with E-state index >= 15 is 0 Å². The number of halogens is 2. The molecule has 1 aliphatic heterocycles. The van der Waals surface area contributed by atoms with Crippen molar-refractivity contribution in [2.75, 3.05) is 12.4 Å². The minimum absolute atomic E-state index is 0.0762. The summed E-state index contributed by atoms with van der Waals surface area (Å²) in [5.41, 5.74) is 2.02. The van der Waals surface area contributed by atoms with Crippen LogP contribution in [0.15, 0.2) is 42.6 Å². The van der Waals surface area contributed by atoms with Gasteiger partial charge in [-0.1, -0.05) is 17.7 Å². The van der Waals surface area contributed by atoms with Gasteiger partial charge in [-0.15, -0.1) is 11.3 Å². The van der Waals surface area contributed by atoms with Crippen LogP contribution in [0, 0.1) is 12.7 Å². The number of anilines is 1. The molecule has 0 radical (unpaired) electrons. The van der Waals surface area contributed by atoms with Crippen molar-refractivity contribution in [2.45, 2.75) is 32.0 Å². The second-order valence-electron chi connectivity index (χ2n) is 7.64. The summed E-state index contributed by atoms with van der Waals surface area (Å²) in [4.78, 5) is 35.5. The zero-order chi connectivity index (χ0) is 24.2. The first-order valence-corrected chi connectivity index (χ1v) is 12.3. The summed E-state index contributed by atoms with van der Waals surface area (Å²) in [6.45, 7) is 2.23. The lowest BCUT2D eigenvalue weighted by Gasteiger charge is -2.34. The molecule has 8 nitrogen and oxygen atoms in total. The Labute approximate surface area is 209 Å². The highest BCUT2D eigenvalue weighted by Gasteiger charge is 2.35. The van der Waals surface area contributed by atoms with Crippen molar-refractivity contribution >= 4 is 52.6 Å². The monoisotopic (exact) mass is 520 g/mol. The topological polar surface area (TPSA) is 99.2 Å². The zero-order valence-corrected chi connectivity index (χ0v) is 20.7. The lowest BCUT2D eigenvalue weighted by Crippen LogP contribution is -2.53. The van der Waals surface area contributed by atoms with E-state index in [2.05, 4.69) is 25.3 Å². The molecule has 4 rings (SSSR count). The number of nitrogens with one attached hydrogen (secondary N) is 3. The summed E-state index contributed by atoms with van der Waals surface area (Å²) in [5.74, 6) is -1.08. The highest BCUT2D eigenvalue weighted by atomic mass is 35.5. The summed E-state index contributed by atoms with van der Waals surface area (Å²) in [6, 6.07) is 8.48. The van der Waals surface area contributed by atoms with Gasteiger partial charge in [-0.05, 0) is 50.7 Å². The number of nitrogens with zero attached hydrogens (tertiary/aromatic N) is 3. The summed E-state index contributed by atoms with van der Waals surface area (Å²) >= 11 is 8.48. The average molecular weight is 521 g/mol. The van der Waals surface area contributed by atoms with Crippen molar-refractivity contribution in [1.82, 2.24) is 24.3 Å². The van der Waals surface area contributed by atoms with Gasteiger partial charge in [-0.3, -0.25) is 14.6 Å². The van der Waals surface area contributed by atoms with E-state index < -0.39 is 17.9 Å². The van der Waals surface area contributed by atoms with Gasteiger partial charge in [-0.25, -0.2) is 18.4 Å². The van der Waals surface area contributed by atoms with Gasteiger partial charge in [0, 0.05) is 28.9 Å². The minimum atomic E-state index is -0.577. The average Bonchev–Trinajstić information content (AvgIpc) is 3.21. The van der Waals surface area contributed by atoms with Gasteiger partial charge in [0.05, 0.1) is 29.0 Å². The fourth-order valence-electron chi connectivity index (χ4n) is 3.34. The number of aromatic nitrogens is 2. The number of benzene rings is 1. The molecule has 3 N–H and O–H groups in total. The molecule has 0 saturated carbocycles. The third-order valence-electron chi connectivity index (χ3n) is 5.24. The Hall–Kier alpha value is -2.57. The van der Waals surface area contributed by atoms with E-state index in [9.17, 15) is 14.0 Å². The number of carbonyl (C=O) groups is 2. The van der Waals surface area contributed by atoms with Crippen molar-refractivity contribution in [3.63, 3.8) is 0 Å². The van der Waals surface area contributed by atoms with Gasteiger partial charge in [0.15, 0.2) is 0 Å². The first kappa shape index (κ1) is 24.6. The Morgan fingerprint density at radius 2 is 2.12 bits per heavy atom. The van der Waals surface area contributed by atoms with Crippen LogP contribution in [-0.4, -0.2) is 45.2 Å². The fourth-order valence-corrected chi connectivity index (χ4v) is 5.31. The molecule has 1 saturated heterocycles. The van der Waals surface area contributed by atoms with E-state index in [1.165, 1.54) is 41.7 Å². The fraction of sp³-hybridized carbons (Fsp3) is 0.273. The van der Waals surface area contributed by atoms with E-state index in [0.29, 0.717) is 12.2 Å². The van der Waals surface area contributed by atoms with Crippen molar-refractivity contribution in [3.05, 3.63) is 64.0 Å². The maximum Gasteiger partial charge on any atom is 0.242 e. The number of rotatable bonds is 6. The molecule has 0 spiro atoms. The van der Waals surface area contributed by atoms with Crippen molar-refractivity contribution in [1.29, 1.82) is 0 Å². The number of likely N-dealkylation sites (N-methyl/N-ethyl adjacent to an activating group) is 1. The second kappa shape index (κ2) is 10.8. The maximum atomic E-state index is 13.4. The molecule has 0 aliphatic carbocycles. The van der Waals surface area contributed by atoms with Crippen LogP contribution in [0.5, 0.6) is 0 Å². The summed E-state index contributed by atoms with van der Waals surface area (Å²) in [6.07, 6.45) is 1.98. The number of amides is 2. The molecule has 2 unspecified atom stereocenters. The molecule has 3 heterocycles. The Bertz CT molecular complexity index is 1200. The molecule has 3 aromatic rings. The van der Waals surface area contributed by atoms with Crippen LogP contribution in [0.3, 0.4) is 0 Å². The Balaban J connectivity index is 1.36. The van der Waals surface area contributed by atoms with Gasteiger partial charge in [-0.2, -0.15) is 0 Å². The summed E-state index contributed by atoms with van der Waals surface area (Å²) < 4.78 is 18.2. The summed E-state index contributed by atoms with van der Waals surface area (Å²) in [7, 11) is 1.76. The van der Waals surface area contributed by atoms with E-state index in [4.69, 9.17) is 11.6 Å². The third-order valence-corrected chi connectivity index (χ3v) is 7.64. The number of hydrogen-bond acceptors (Lipinski definition) is 8. The highest BCUT2D eigenvalue weighted by Crippen LogP contribution is 2.27. The Kier molecular flexibility index (Phi) is 7.79. The molecule has 34 heavy (non-hydrogen) atoms. The van der Waals surface area contributed by atoms with Crippen LogP contribution in [0.4, 0.5) is 10.1 Å². The van der Waals surface area contributed by atoms with Crippen LogP contribution in [0.25, 0.3) is 10.7 Å². The Morgan fingerprint density at radius 3 is 2.85 bits per heavy atom. The van der Waals surface area contributed by atoms with Crippen molar-refractivity contribution < 1.29 is 14.0 Å². The molecular weight excluding hydrogens is 499 g/mol. The summed E-state index contributed by atoms with van der Waals surface area (Å²) in [5, 5.41) is 6.40. The Morgan fingerprint density at radius 1 is 1.29 bits per heavy atom. The number of hydrogen-bond donors (Lipinski definition) is 3. The highest BCUT2D eigenvalue weighted by molar-refractivity contribution is 7.95. The molecule has 1 aromatic carbocycles. The molecule has 12 heteroatoms. The van der Waals surface area contributed by atoms with E-state index in [0.717, 1.165) is 21.3 Å². The SMILES string of the molecule is Cc1nc(-c2ccccn2)sc1CNC(=O)C1CC(C(=O)Nc2ccc(F)c(Cl)c2)N(C)SN1. The molecule has 0 bridgehead atoms. The third kappa shape index (κ3) is 5.73. The first-order chi connectivity index (χ1) is 16.3. The predicted molar refractivity (Wildman–Crippen MR) is 133 cm³/mol. The molecule has 2 aromatic heterocycles. The normalized spacial score (nSPS) is 18.5.